The average molecular weight is 271 g/mol. The van der Waals surface area contributed by atoms with Gasteiger partial charge in [0.1, 0.15) is 0 Å². The number of likely N-dealkylation sites (N-methyl/N-ethyl adjacent to an activating group) is 2. The lowest BCUT2D eigenvalue weighted by molar-refractivity contribution is 0.369. The molecule has 1 atom stereocenters. The molecule has 1 rings (SSSR count). The van der Waals surface area contributed by atoms with Gasteiger partial charge in [-0.1, -0.05) is 0 Å². The van der Waals surface area contributed by atoms with Crippen molar-refractivity contribution in [1.82, 2.24) is 19.7 Å². The van der Waals surface area contributed by atoms with Gasteiger partial charge in [0.25, 0.3) is 0 Å². The zero-order valence-electron chi connectivity index (χ0n) is 12.3. The lowest BCUT2D eigenvalue weighted by atomic mass is 10.2. The largest absolute Gasteiger partial charge is 0.337 e. The summed E-state index contributed by atoms with van der Waals surface area (Å²) in [4.78, 5) is 4.47. The van der Waals surface area contributed by atoms with E-state index in [0.717, 1.165) is 19.0 Å². The second kappa shape index (κ2) is 6.33. The van der Waals surface area contributed by atoms with Gasteiger partial charge in [0.15, 0.2) is 4.77 Å². The highest BCUT2D eigenvalue weighted by Crippen LogP contribution is 2.19. The molecule has 104 valence electrons. The van der Waals surface area contributed by atoms with Gasteiger partial charge in [-0.25, -0.2) is 5.10 Å². The van der Waals surface area contributed by atoms with Crippen molar-refractivity contribution in [2.45, 2.75) is 39.8 Å². The van der Waals surface area contributed by atoms with E-state index in [1.54, 1.807) is 0 Å². The molecule has 1 unspecified atom stereocenters. The third-order valence-electron chi connectivity index (χ3n) is 2.96. The molecule has 1 N–H and O–H groups in total. The van der Waals surface area contributed by atoms with Gasteiger partial charge in [0, 0.05) is 25.2 Å². The molecule has 1 heterocycles. The van der Waals surface area contributed by atoms with Crippen molar-refractivity contribution in [3.8, 4) is 0 Å². The Morgan fingerprint density at radius 3 is 2.39 bits per heavy atom. The van der Waals surface area contributed by atoms with Crippen molar-refractivity contribution in [2.75, 3.05) is 32.1 Å². The number of anilines is 1. The predicted octanol–water partition coefficient (Wildman–Crippen LogP) is 2.30. The second-order valence-corrected chi connectivity index (χ2v) is 5.58. The Morgan fingerprint density at radius 2 is 1.94 bits per heavy atom. The summed E-state index contributed by atoms with van der Waals surface area (Å²) < 4.78 is 2.76. The Kier molecular flexibility index (Phi) is 5.34. The van der Waals surface area contributed by atoms with E-state index in [0.29, 0.717) is 16.9 Å². The van der Waals surface area contributed by atoms with E-state index in [1.165, 1.54) is 0 Å². The van der Waals surface area contributed by atoms with Gasteiger partial charge in [-0.15, -0.1) is 5.10 Å². The van der Waals surface area contributed by atoms with Crippen molar-refractivity contribution < 1.29 is 0 Å². The van der Waals surface area contributed by atoms with Gasteiger partial charge < -0.3 is 9.80 Å². The van der Waals surface area contributed by atoms with Gasteiger partial charge in [0.05, 0.1) is 0 Å². The number of nitrogens with one attached hydrogen (secondary N) is 1. The molecule has 0 fully saturated rings. The lowest BCUT2D eigenvalue weighted by Gasteiger charge is -2.31. The van der Waals surface area contributed by atoms with Crippen LogP contribution in [0, 0.1) is 4.77 Å². The van der Waals surface area contributed by atoms with E-state index in [9.17, 15) is 0 Å². The van der Waals surface area contributed by atoms with E-state index in [1.807, 2.05) is 0 Å². The van der Waals surface area contributed by atoms with Crippen LogP contribution in [-0.4, -0.2) is 52.9 Å². The number of aromatic nitrogens is 3. The van der Waals surface area contributed by atoms with Crippen LogP contribution in [0.2, 0.25) is 0 Å². The molecule has 1 aromatic heterocycles. The first-order chi connectivity index (χ1) is 8.38. The van der Waals surface area contributed by atoms with Crippen LogP contribution in [0.15, 0.2) is 0 Å². The van der Waals surface area contributed by atoms with Crippen molar-refractivity contribution >= 4 is 18.2 Å². The minimum absolute atomic E-state index is 0.312. The lowest BCUT2D eigenvalue weighted by Crippen LogP contribution is -2.41. The summed E-state index contributed by atoms with van der Waals surface area (Å²) in [7, 11) is 4.17. The molecule has 1 aromatic rings. The van der Waals surface area contributed by atoms with E-state index in [-0.39, 0.29) is 0 Å². The molecule has 6 heteroatoms. The fourth-order valence-electron chi connectivity index (χ4n) is 2.24. The normalized spacial score (nSPS) is 13.3. The van der Waals surface area contributed by atoms with Gasteiger partial charge in [0.2, 0.25) is 5.95 Å². The average Bonchev–Trinajstić information content (AvgIpc) is 2.60. The number of H-pyrrole nitrogens is 1. The fraction of sp³-hybridized carbons (Fsp3) is 0.833. The molecule has 0 saturated carbocycles. The Morgan fingerprint density at radius 1 is 1.33 bits per heavy atom. The van der Waals surface area contributed by atoms with E-state index in [4.69, 9.17) is 12.2 Å². The SMILES string of the molecule is CCN(c1n[nH]c(=S)n1C(C)C)C(C)CN(C)C. The summed E-state index contributed by atoms with van der Waals surface area (Å²) in [6.07, 6.45) is 0. The molecule has 0 bridgehead atoms. The highest BCUT2D eigenvalue weighted by atomic mass is 32.1. The third-order valence-corrected chi connectivity index (χ3v) is 3.25. The molecule has 0 aromatic carbocycles. The van der Waals surface area contributed by atoms with Gasteiger partial charge >= 0.3 is 0 Å². The molecule has 0 radical (unpaired) electrons. The number of nitrogens with zero attached hydrogens (tertiary/aromatic N) is 4. The van der Waals surface area contributed by atoms with E-state index < -0.39 is 0 Å². The Bertz CT molecular complexity index is 420. The Balaban J connectivity index is 3.05. The highest BCUT2D eigenvalue weighted by molar-refractivity contribution is 7.71. The molecule has 0 aliphatic rings. The van der Waals surface area contributed by atoms with Crippen molar-refractivity contribution in [3.05, 3.63) is 4.77 Å². The maximum absolute atomic E-state index is 5.30. The Hall–Kier alpha value is -0.880. The summed E-state index contributed by atoms with van der Waals surface area (Å²) >= 11 is 5.30. The first-order valence-electron chi connectivity index (χ1n) is 6.46. The first-order valence-corrected chi connectivity index (χ1v) is 6.87. The first kappa shape index (κ1) is 15.2. The zero-order valence-corrected chi connectivity index (χ0v) is 13.1. The molecular formula is C12H25N5S. The van der Waals surface area contributed by atoms with E-state index in [2.05, 4.69) is 66.4 Å². The van der Waals surface area contributed by atoms with Crippen molar-refractivity contribution in [1.29, 1.82) is 0 Å². The standard InChI is InChI=1S/C12H25N5S/c1-7-16(10(4)8-15(5)6)11-13-14-12(18)17(11)9(2)3/h9-10H,7-8H2,1-6H3,(H,14,18). The second-order valence-electron chi connectivity index (χ2n) is 5.19. The highest BCUT2D eigenvalue weighted by Gasteiger charge is 2.20. The number of aromatic amines is 1. The molecule has 0 saturated heterocycles. The maximum atomic E-state index is 5.30. The molecule has 0 amide bonds. The van der Waals surface area contributed by atoms with Gasteiger partial charge in [-0.3, -0.25) is 4.57 Å². The Labute approximate surface area is 115 Å². The van der Waals surface area contributed by atoms with Crippen LogP contribution in [-0.2, 0) is 0 Å². The van der Waals surface area contributed by atoms with Crippen LogP contribution in [0.5, 0.6) is 0 Å². The van der Waals surface area contributed by atoms with Crippen LogP contribution < -0.4 is 4.90 Å². The molecule has 0 aliphatic carbocycles. The molecular weight excluding hydrogens is 246 g/mol. The van der Waals surface area contributed by atoms with Crippen LogP contribution >= 0.6 is 12.2 Å². The van der Waals surface area contributed by atoms with Crippen LogP contribution in [0.4, 0.5) is 5.95 Å². The summed E-state index contributed by atoms with van der Waals surface area (Å²) in [6.45, 7) is 10.5. The van der Waals surface area contributed by atoms with Gasteiger partial charge in [-0.2, -0.15) is 0 Å². The molecule has 18 heavy (non-hydrogen) atoms. The van der Waals surface area contributed by atoms with Crippen LogP contribution in [0.25, 0.3) is 0 Å². The minimum Gasteiger partial charge on any atom is -0.337 e. The minimum atomic E-state index is 0.312. The molecule has 0 aliphatic heterocycles. The molecule has 5 nitrogen and oxygen atoms in total. The zero-order chi connectivity index (χ0) is 13.9. The summed E-state index contributed by atoms with van der Waals surface area (Å²) in [5.74, 6) is 0.937. The maximum Gasteiger partial charge on any atom is 0.226 e. The molecule has 0 spiro atoms. The van der Waals surface area contributed by atoms with Crippen molar-refractivity contribution in [3.63, 3.8) is 0 Å². The summed E-state index contributed by atoms with van der Waals surface area (Å²) in [6, 6.07) is 0.708. The number of hydrogen-bond donors (Lipinski definition) is 1. The fourth-order valence-corrected chi connectivity index (χ4v) is 2.58. The van der Waals surface area contributed by atoms with Crippen molar-refractivity contribution in [2.24, 2.45) is 0 Å². The number of hydrogen-bond acceptors (Lipinski definition) is 4. The summed E-state index contributed by atoms with van der Waals surface area (Å²) in [5.41, 5.74) is 0. The van der Waals surface area contributed by atoms with Crippen LogP contribution in [0.1, 0.15) is 33.7 Å². The predicted molar refractivity (Wildman–Crippen MR) is 78.8 cm³/mol. The topological polar surface area (TPSA) is 40.1 Å². The number of rotatable bonds is 6. The summed E-state index contributed by atoms with van der Waals surface area (Å²) in [5, 5.41) is 7.29. The van der Waals surface area contributed by atoms with Crippen LogP contribution in [0.3, 0.4) is 0 Å². The monoisotopic (exact) mass is 271 g/mol. The smallest absolute Gasteiger partial charge is 0.226 e. The third kappa shape index (κ3) is 3.32. The van der Waals surface area contributed by atoms with E-state index >= 15 is 0 Å². The quantitative estimate of drug-likeness (QED) is 0.806. The van der Waals surface area contributed by atoms with Gasteiger partial charge in [-0.05, 0) is 54.0 Å².